The molecule has 0 unspecified atom stereocenters. The zero-order chi connectivity index (χ0) is 21.9. The molecule has 2 fully saturated rings. The van der Waals surface area contributed by atoms with Gasteiger partial charge in [-0.3, -0.25) is 19.3 Å². The molecule has 0 bridgehead atoms. The first-order valence-corrected chi connectivity index (χ1v) is 10.5. The van der Waals surface area contributed by atoms with Crippen LogP contribution in [0.4, 0.5) is 10.5 Å². The molecule has 162 valence electrons. The number of para-hydroxylation sites is 1. The number of hydrogen-bond acceptors (Lipinski definition) is 4. The number of aryl methyl sites for hydroxylation is 1. The number of rotatable bonds is 6. The quantitative estimate of drug-likeness (QED) is 0.697. The number of likely N-dealkylation sites (N-methyl/N-ethyl adjacent to an activating group) is 1. The number of urea groups is 1. The molecule has 1 saturated carbocycles. The highest BCUT2D eigenvalue weighted by Crippen LogP contribution is 2.38. The van der Waals surface area contributed by atoms with Gasteiger partial charge in [0.25, 0.3) is 5.91 Å². The van der Waals surface area contributed by atoms with Gasteiger partial charge in [-0.15, -0.1) is 0 Å². The standard InChI is InChI=1S/C22H30N4O4/c1-4-16-10-5-6-11-17(16)23-18(27)13-25(3)19(28)14-26-20(29)22(24-21(26)30)12-8-7-9-15(22)2/h5-6,10-11,15H,4,7-9,12-14H2,1-3H3,(H,23,27)(H,24,30)/t15-,22+/m0/s1. The Morgan fingerprint density at radius 2 is 2.00 bits per heavy atom. The third kappa shape index (κ3) is 4.17. The summed E-state index contributed by atoms with van der Waals surface area (Å²) in [4.78, 5) is 52.7. The lowest BCUT2D eigenvalue weighted by atomic mass is 9.73. The van der Waals surface area contributed by atoms with Crippen molar-refractivity contribution < 1.29 is 19.2 Å². The van der Waals surface area contributed by atoms with Gasteiger partial charge >= 0.3 is 6.03 Å². The molecule has 0 aromatic heterocycles. The van der Waals surface area contributed by atoms with E-state index in [0.717, 1.165) is 36.1 Å². The van der Waals surface area contributed by atoms with Crippen LogP contribution in [0.15, 0.2) is 24.3 Å². The molecule has 2 aliphatic rings. The maximum absolute atomic E-state index is 13.0. The van der Waals surface area contributed by atoms with Crippen LogP contribution in [-0.2, 0) is 20.8 Å². The minimum Gasteiger partial charge on any atom is -0.335 e. The number of carbonyl (C=O) groups is 4. The third-order valence-electron chi connectivity index (χ3n) is 6.27. The molecular formula is C22H30N4O4. The SMILES string of the molecule is CCc1ccccc1NC(=O)CN(C)C(=O)CN1C(=O)N[C@@]2(CCCC[C@@H]2C)C1=O. The average molecular weight is 415 g/mol. The van der Waals surface area contributed by atoms with Crippen LogP contribution in [0, 0.1) is 5.92 Å². The van der Waals surface area contributed by atoms with Crippen molar-refractivity contribution in [3.05, 3.63) is 29.8 Å². The minimum absolute atomic E-state index is 0.0324. The Labute approximate surface area is 177 Å². The zero-order valence-corrected chi connectivity index (χ0v) is 17.9. The molecule has 8 heteroatoms. The zero-order valence-electron chi connectivity index (χ0n) is 17.9. The molecule has 5 amide bonds. The summed E-state index contributed by atoms with van der Waals surface area (Å²) >= 11 is 0. The summed E-state index contributed by atoms with van der Waals surface area (Å²) in [6.07, 6.45) is 4.14. The van der Waals surface area contributed by atoms with Crippen molar-refractivity contribution in [2.24, 2.45) is 5.92 Å². The Morgan fingerprint density at radius 1 is 1.27 bits per heavy atom. The molecule has 3 rings (SSSR count). The fourth-order valence-electron chi connectivity index (χ4n) is 4.34. The fraction of sp³-hybridized carbons (Fsp3) is 0.545. The van der Waals surface area contributed by atoms with E-state index in [2.05, 4.69) is 10.6 Å². The Morgan fingerprint density at radius 3 is 2.70 bits per heavy atom. The van der Waals surface area contributed by atoms with Crippen LogP contribution in [0.25, 0.3) is 0 Å². The van der Waals surface area contributed by atoms with E-state index in [0.29, 0.717) is 12.1 Å². The molecule has 0 radical (unpaired) electrons. The summed E-state index contributed by atoms with van der Waals surface area (Å²) in [7, 11) is 1.49. The van der Waals surface area contributed by atoms with Gasteiger partial charge in [-0.1, -0.05) is 44.9 Å². The lowest BCUT2D eigenvalue weighted by molar-refractivity contribution is -0.140. The normalized spacial score (nSPS) is 23.4. The van der Waals surface area contributed by atoms with Crippen LogP contribution in [0.1, 0.15) is 45.1 Å². The first-order valence-electron chi connectivity index (χ1n) is 10.5. The molecular weight excluding hydrogens is 384 g/mol. The van der Waals surface area contributed by atoms with Crippen molar-refractivity contribution in [2.45, 2.75) is 51.5 Å². The van der Waals surface area contributed by atoms with E-state index in [9.17, 15) is 19.2 Å². The minimum atomic E-state index is -0.893. The van der Waals surface area contributed by atoms with Gasteiger partial charge in [0, 0.05) is 12.7 Å². The van der Waals surface area contributed by atoms with E-state index in [-0.39, 0.29) is 30.8 Å². The predicted octanol–water partition coefficient (Wildman–Crippen LogP) is 2.15. The monoisotopic (exact) mass is 414 g/mol. The largest absolute Gasteiger partial charge is 0.335 e. The Hall–Kier alpha value is -2.90. The molecule has 1 aliphatic heterocycles. The van der Waals surface area contributed by atoms with Gasteiger partial charge in [0.1, 0.15) is 12.1 Å². The van der Waals surface area contributed by atoms with Crippen molar-refractivity contribution in [2.75, 3.05) is 25.5 Å². The van der Waals surface area contributed by atoms with Gasteiger partial charge in [0.15, 0.2) is 0 Å². The highest BCUT2D eigenvalue weighted by atomic mass is 16.2. The second-order valence-corrected chi connectivity index (χ2v) is 8.25. The number of imide groups is 1. The van der Waals surface area contributed by atoms with Gasteiger partial charge in [-0.05, 0) is 36.8 Å². The molecule has 2 atom stereocenters. The van der Waals surface area contributed by atoms with Crippen LogP contribution < -0.4 is 10.6 Å². The summed E-state index contributed by atoms with van der Waals surface area (Å²) in [5, 5.41) is 5.65. The number of amides is 5. The van der Waals surface area contributed by atoms with E-state index < -0.39 is 17.5 Å². The Kier molecular flexibility index (Phi) is 6.43. The first-order chi connectivity index (χ1) is 14.3. The van der Waals surface area contributed by atoms with E-state index >= 15 is 0 Å². The molecule has 1 aromatic carbocycles. The van der Waals surface area contributed by atoms with Crippen molar-refractivity contribution >= 4 is 29.4 Å². The number of hydrogen-bond donors (Lipinski definition) is 2. The van der Waals surface area contributed by atoms with Gasteiger partial charge in [-0.2, -0.15) is 0 Å². The summed E-state index contributed by atoms with van der Waals surface area (Å²) in [5.74, 6) is -1.09. The summed E-state index contributed by atoms with van der Waals surface area (Å²) in [6.45, 7) is 3.43. The fourth-order valence-corrected chi connectivity index (χ4v) is 4.34. The summed E-state index contributed by atoms with van der Waals surface area (Å²) in [5.41, 5.74) is 0.828. The molecule has 2 N–H and O–H groups in total. The predicted molar refractivity (Wildman–Crippen MR) is 113 cm³/mol. The van der Waals surface area contributed by atoms with Crippen LogP contribution in [0.3, 0.4) is 0 Å². The van der Waals surface area contributed by atoms with E-state index in [1.165, 1.54) is 11.9 Å². The van der Waals surface area contributed by atoms with Crippen LogP contribution >= 0.6 is 0 Å². The van der Waals surface area contributed by atoms with Gasteiger partial charge in [-0.25, -0.2) is 4.79 Å². The second-order valence-electron chi connectivity index (χ2n) is 8.25. The average Bonchev–Trinajstić information content (AvgIpc) is 2.95. The smallest absolute Gasteiger partial charge is 0.325 e. The van der Waals surface area contributed by atoms with E-state index in [1.54, 1.807) is 0 Å². The van der Waals surface area contributed by atoms with Crippen molar-refractivity contribution in [3.63, 3.8) is 0 Å². The van der Waals surface area contributed by atoms with Crippen LogP contribution in [0.2, 0.25) is 0 Å². The number of benzene rings is 1. The first kappa shape index (κ1) is 21.8. The number of carbonyl (C=O) groups excluding carboxylic acids is 4. The van der Waals surface area contributed by atoms with Gasteiger partial charge in [0.05, 0.1) is 6.54 Å². The lowest BCUT2D eigenvalue weighted by Gasteiger charge is -2.36. The molecule has 1 aromatic rings. The topological polar surface area (TPSA) is 98.8 Å². The molecule has 1 aliphatic carbocycles. The number of anilines is 1. The third-order valence-corrected chi connectivity index (χ3v) is 6.27. The lowest BCUT2D eigenvalue weighted by Crippen LogP contribution is -2.54. The molecule has 1 saturated heterocycles. The number of nitrogens with zero attached hydrogens (tertiary/aromatic N) is 2. The van der Waals surface area contributed by atoms with Gasteiger partial charge < -0.3 is 15.5 Å². The molecule has 1 heterocycles. The van der Waals surface area contributed by atoms with E-state index in [4.69, 9.17) is 0 Å². The molecule has 30 heavy (non-hydrogen) atoms. The highest BCUT2D eigenvalue weighted by molar-refractivity contribution is 6.09. The molecule has 1 spiro atoms. The number of nitrogens with one attached hydrogen (secondary N) is 2. The Bertz CT molecular complexity index is 855. The summed E-state index contributed by atoms with van der Waals surface area (Å²) < 4.78 is 0. The second kappa shape index (κ2) is 8.85. The Balaban J connectivity index is 1.59. The van der Waals surface area contributed by atoms with Crippen molar-refractivity contribution in [1.29, 1.82) is 0 Å². The molecule has 8 nitrogen and oxygen atoms in total. The van der Waals surface area contributed by atoms with Crippen molar-refractivity contribution in [3.8, 4) is 0 Å². The highest BCUT2D eigenvalue weighted by Gasteiger charge is 2.55. The maximum Gasteiger partial charge on any atom is 0.325 e. The van der Waals surface area contributed by atoms with Crippen molar-refractivity contribution in [1.82, 2.24) is 15.1 Å². The maximum atomic E-state index is 13.0. The van der Waals surface area contributed by atoms with Crippen LogP contribution in [-0.4, -0.2) is 59.2 Å². The summed E-state index contributed by atoms with van der Waals surface area (Å²) in [6, 6.07) is 6.96. The van der Waals surface area contributed by atoms with Gasteiger partial charge in [0.2, 0.25) is 11.8 Å². The van der Waals surface area contributed by atoms with E-state index in [1.807, 2.05) is 38.1 Å². The van der Waals surface area contributed by atoms with Crippen LogP contribution in [0.5, 0.6) is 0 Å².